The van der Waals surface area contributed by atoms with Gasteiger partial charge in [-0.2, -0.15) is 0 Å². The van der Waals surface area contributed by atoms with E-state index in [4.69, 9.17) is 14.6 Å². The third-order valence-corrected chi connectivity index (χ3v) is 4.68. The number of aliphatic hydroxyl groups excluding tert-OH is 1. The second-order valence-electron chi connectivity index (χ2n) is 6.44. The van der Waals surface area contributed by atoms with Crippen LogP contribution in [-0.4, -0.2) is 67.0 Å². The molecule has 0 bridgehead atoms. The minimum atomic E-state index is -0.0609. The van der Waals surface area contributed by atoms with Crippen LogP contribution in [0.25, 0.3) is 0 Å². The lowest BCUT2D eigenvalue weighted by molar-refractivity contribution is -0.0566. The maximum Gasteiger partial charge on any atom is 0.251 e. The highest BCUT2D eigenvalue weighted by molar-refractivity contribution is 5.94. The number of ether oxygens (including phenoxy) is 2. The number of hydrogen-bond acceptors (Lipinski definition) is 5. The third-order valence-electron chi connectivity index (χ3n) is 4.68. The summed E-state index contributed by atoms with van der Waals surface area (Å²) >= 11 is 0. The van der Waals surface area contributed by atoms with Crippen molar-refractivity contribution in [3.8, 4) is 5.75 Å². The largest absolute Gasteiger partial charge is 0.494 e. The Morgan fingerprint density at radius 2 is 2.33 bits per heavy atom. The van der Waals surface area contributed by atoms with E-state index in [2.05, 4.69) is 10.2 Å². The summed E-state index contributed by atoms with van der Waals surface area (Å²) in [7, 11) is 0. The van der Waals surface area contributed by atoms with Gasteiger partial charge in [0.05, 0.1) is 19.3 Å². The summed E-state index contributed by atoms with van der Waals surface area (Å²) in [6.07, 6.45) is 1.68. The molecule has 0 radical (unpaired) electrons. The fourth-order valence-electron chi connectivity index (χ4n) is 3.53. The molecule has 1 amide bonds. The van der Waals surface area contributed by atoms with Crippen molar-refractivity contribution in [2.24, 2.45) is 0 Å². The summed E-state index contributed by atoms with van der Waals surface area (Å²) in [5.41, 5.74) is 0.625. The van der Waals surface area contributed by atoms with E-state index in [1.54, 1.807) is 12.1 Å². The van der Waals surface area contributed by atoms with E-state index in [1.807, 2.05) is 19.1 Å². The zero-order valence-corrected chi connectivity index (χ0v) is 14.1. The molecule has 0 aromatic heterocycles. The van der Waals surface area contributed by atoms with E-state index in [0.29, 0.717) is 37.0 Å². The standard InChI is InChI=1S/C18H26N2O4/c1-2-23-16-5-3-4-13(8-16)18(22)19-14-9-15-12-24-17(6-7-21)11-20(15)10-14/h3-5,8,14-15,17,21H,2,6-7,9-12H2,1H3,(H,19,22)/t14-,15+,17+/m1/s1. The highest BCUT2D eigenvalue weighted by atomic mass is 16.5. The molecule has 1 aromatic rings. The van der Waals surface area contributed by atoms with Crippen molar-refractivity contribution in [3.05, 3.63) is 29.8 Å². The molecule has 2 aliphatic heterocycles. The van der Waals surface area contributed by atoms with Crippen LogP contribution in [0.1, 0.15) is 30.1 Å². The molecule has 0 unspecified atom stereocenters. The highest BCUT2D eigenvalue weighted by Crippen LogP contribution is 2.24. The van der Waals surface area contributed by atoms with E-state index < -0.39 is 0 Å². The van der Waals surface area contributed by atoms with Crippen molar-refractivity contribution in [1.29, 1.82) is 0 Å². The number of fused-ring (bicyclic) bond motifs is 1. The number of aliphatic hydroxyl groups is 1. The Labute approximate surface area is 142 Å². The van der Waals surface area contributed by atoms with Gasteiger partial charge in [0.1, 0.15) is 5.75 Å². The normalized spacial score (nSPS) is 26.8. The summed E-state index contributed by atoms with van der Waals surface area (Å²) in [6.45, 7) is 5.01. The zero-order chi connectivity index (χ0) is 16.9. The molecule has 3 atom stereocenters. The summed E-state index contributed by atoms with van der Waals surface area (Å²) < 4.78 is 11.2. The topological polar surface area (TPSA) is 71.0 Å². The average molecular weight is 334 g/mol. The van der Waals surface area contributed by atoms with Crippen molar-refractivity contribution >= 4 is 5.91 Å². The van der Waals surface area contributed by atoms with E-state index in [0.717, 1.165) is 19.5 Å². The van der Waals surface area contributed by atoms with Gasteiger partial charge in [0.15, 0.2) is 0 Å². The Bertz CT molecular complexity index is 566. The number of benzene rings is 1. The van der Waals surface area contributed by atoms with Gasteiger partial charge >= 0.3 is 0 Å². The molecular weight excluding hydrogens is 308 g/mol. The summed E-state index contributed by atoms with van der Waals surface area (Å²) in [5.74, 6) is 0.656. The first-order chi connectivity index (χ1) is 11.7. The zero-order valence-electron chi connectivity index (χ0n) is 14.1. The fourth-order valence-corrected chi connectivity index (χ4v) is 3.53. The lowest BCUT2D eigenvalue weighted by atomic mass is 10.1. The molecule has 1 aromatic carbocycles. The van der Waals surface area contributed by atoms with E-state index >= 15 is 0 Å². The van der Waals surface area contributed by atoms with Gasteiger partial charge in [0.2, 0.25) is 0 Å². The lowest BCUT2D eigenvalue weighted by Gasteiger charge is -2.34. The molecule has 2 aliphatic rings. The Morgan fingerprint density at radius 3 is 3.12 bits per heavy atom. The smallest absolute Gasteiger partial charge is 0.251 e. The van der Waals surface area contributed by atoms with Crippen molar-refractivity contribution in [2.45, 2.75) is 38.0 Å². The quantitative estimate of drug-likeness (QED) is 0.813. The SMILES string of the molecule is CCOc1cccc(C(=O)N[C@@H]2C[C@H]3CO[C@@H](CCO)CN3C2)c1. The first-order valence-electron chi connectivity index (χ1n) is 8.69. The Balaban J connectivity index is 1.55. The Kier molecular flexibility index (Phi) is 5.71. The van der Waals surface area contributed by atoms with Crippen LogP contribution >= 0.6 is 0 Å². The molecule has 132 valence electrons. The van der Waals surface area contributed by atoms with Crippen LogP contribution in [0.15, 0.2) is 24.3 Å². The summed E-state index contributed by atoms with van der Waals surface area (Å²) in [6, 6.07) is 7.77. The van der Waals surface area contributed by atoms with Gasteiger partial charge in [-0.25, -0.2) is 0 Å². The number of nitrogens with zero attached hydrogens (tertiary/aromatic N) is 1. The number of carbonyl (C=O) groups excluding carboxylic acids is 1. The van der Waals surface area contributed by atoms with Gasteiger partial charge in [-0.05, 0) is 38.0 Å². The summed E-state index contributed by atoms with van der Waals surface area (Å²) in [5, 5.41) is 12.2. The van der Waals surface area contributed by atoms with Gasteiger partial charge in [0, 0.05) is 37.3 Å². The third kappa shape index (κ3) is 4.06. The first kappa shape index (κ1) is 17.2. The number of nitrogens with one attached hydrogen (secondary N) is 1. The Morgan fingerprint density at radius 1 is 1.46 bits per heavy atom. The van der Waals surface area contributed by atoms with Crippen LogP contribution in [0.2, 0.25) is 0 Å². The molecule has 0 saturated carbocycles. The maximum atomic E-state index is 12.5. The van der Waals surface area contributed by atoms with E-state index in [-0.39, 0.29) is 24.7 Å². The predicted octanol–water partition coefficient (Wildman–Crippen LogP) is 1.04. The molecule has 0 spiro atoms. The first-order valence-corrected chi connectivity index (χ1v) is 8.69. The van der Waals surface area contributed by atoms with Crippen molar-refractivity contribution < 1.29 is 19.4 Å². The molecule has 6 heteroatoms. The molecule has 3 rings (SSSR count). The van der Waals surface area contributed by atoms with Crippen molar-refractivity contribution in [2.75, 3.05) is 32.9 Å². The molecular formula is C18H26N2O4. The van der Waals surface area contributed by atoms with Crippen LogP contribution in [0.4, 0.5) is 0 Å². The monoisotopic (exact) mass is 334 g/mol. The van der Waals surface area contributed by atoms with Gasteiger partial charge in [-0.15, -0.1) is 0 Å². The molecule has 2 fully saturated rings. The fraction of sp³-hybridized carbons (Fsp3) is 0.611. The second kappa shape index (κ2) is 7.96. The van der Waals surface area contributed by atoms with Gasteiger partial charge in [-0.3, -0.25) is 9.69 Å². The average Bonchev–Trinajstić information content (AvgIpc) is 2.97. The molecule has 2 heterocycles. The van der Waals surface area contributed by atoms with E-state index in [1.165, 1.54) is 0 Å². The molecule has 0 aliphatic carbocycles. The minimum absolute atomic E-state index is 0.0609. The summed E-state index contributed by atoms with van der Waals surface area (Å²) in [4.78, 5) is 14.8. The highest BCUT2D eigenvalue weighted by Gasteiger charge is 2.37. The van der Waals surface area contributed by atoms with E-state index in [9.17, 15) is 4.79 Å². The van der Waals surface area contributed by atoms with Gasteiger partial charge < -0.3 is 19.9 Å². The molecule has 6 nitrogen and oxygen atoms in total. The predicted molar refractivity (Wildman–Crippen MR) is 90.3 cm³/mol. The maximum absolute atomic E-state index is 12.5. The number of amides is 1. The molecule has 2 N–H and O–H groups in total. The van der Waals surface area contributed by atoms with Crippen LogP contribution < -0.4 is 10.1 Å². The van der Waals surface area contributed by atoms with Crippen LogP contribution in [-0.2, 0) is 4.74 Å². The van der Waals surface area contributed by atoms with Crippen LogP contribution in [0.3, 0.4) is 0 Å². The molecule has 2 saturated heterocycles. The Hall–Kier alpha value is -1.63. The lowest BCUT2D eigenvalue weighted by Crippen LogP contribution is -2.46. The van der Waals surface area contributed by atoms with Gasteiger partial charge in [-0.1, -0.05) is 6.07 Å². The van der Waals surface area contributed by atoms with Crippen molar-refractivity contribution in [1.82, 2.24) is 10.2 Å². The number of carbonyl (C=O) groups is 1. The van der Waals surface area contributed by atoms with Gasteiger partial charge in [0.25, 0.3) is 5.91 Å². The van der Waals surface area contributed by atoms with Crippen LogP contribution in [0.5, 0.6) is 5.75 Å². The second-order valence-corrected chi connectivity index (χ2v) is 6.44. The number of morpholine rings is 1. The number of rotatable bonds is 6. The molecule has 24 heavy (non-hydrogen) atoms. The van der Waals surface area contributed by atoms with Crippen LogP contribution in [0, 0.1) is 0 Å². The minimum Gasteiger partial charge on any atom is -0.494 e. The van der Waals surface area contributed by atoms with Crippen molar-refractivity contribution in [3.63, 3.8) is 0 Å². The number of hydrogen-bond donors (Lipinski definition) is 2.